The van der Waals surface area contributed by atoms with Crippen LogP contribution in [0.15, 0.2) is 28.7 Å². The molecule has 0 aliphatic carbocycles. The van der Waals surface area contributed by atoms with Crippen molar-refractivity contribution in [3.05, 3.63) is 40.1 Å². The molecule has 0 saturated carbocycles. The lowest BCUT2D eigenvalue weighted by atomic mass is 9.84. The van der Waals surface area contributed by atoms with Gasteiger partial charge < -0.3 is 24.0 Å². The molecule has 3 rings (SSSR count). The summed E-state index contributed by atoms with van der Waals surface area (Å²) < 4.78 is 18.8. The molecule has 9 nitrogen and oxygen atoms in total. The molecule has 2 heterocycles. The normalized spacial score (nSPS) is 16.5. The van der Waals surface area contributed by atoms with Gasteiger partial charge in [-0.15, -0.1) is 0 Å². The van der Waals surface area contributed by atoms with Gasteiger partial charge in [-0.05, 0) is 73.3 Å². The zero-order valence-corrected chi connectivity index (χ0v) is 24.7. The zero-order chi connectivity index (χ0) is 27.5. The number of piperazine rings is 1. The molecule has 1 aromatic heterocycles. The molecule has 37 heavy (non-hydrogen) atoms. The summed E-state index contributed by atoms with van der Waals surface area (Å²) in [5.74, 6) is 0.263. The number of hydrogen-bond acceptors (Lipinski definition) is 7. The quantitative estimate of drug-likeness (QED) is 0.423. The third-order valence-corrected chi connectivity index (χ3v) is 6.94. The molecular formula is C27H39BrN4O5. The summed E-state index contributed by atoms with van der Waals surface area (Å²) in [6.07, 6.45) is -0.261. The van der Waals surface area contributed by atoms with Crippen LogP contribution in [0.1, 0.15) is 64.6 Å². The topological polar surface area (TPSA) is 86.1 Å². The summed E-state index contributed by atoms with van der Waals surface area (Å²) in [4.78, 5) is 29.2. The minimum absolute atomic E-state index is 0.00197. The van der Waals surface area contributed by atoms with Crippen molar-refractivity contribution in [2.75, 3.05) is 31.1 Å². The number of amides is 1. The van der Waals surface area contributed by atoms with Crippen LogP contribution >= 0.6 is 15.9 Å². The molecular weight excluding hydrogens is 540 g/mol. The maximum atomic E-state index is 12.9. The monoisotopic (exact) mass is 578 g/mol. The van der Waals surface area contributed by atoms with E-state index >= 15 is 0 Å². The van der Waals surface area contributed by atoms with Gasteiger partial charge in [-0.3, -0.25) is 4.68 Å². The van der Waals surface area contributed by atoms with Crippen LogP contribution in [0.25, 0.3) is 0 Å². The number of benzene rings is 1. The molecule has 0 bridgehead atoms. The fourth-order valence-corrected chi connectivity index (χ4v) is 4.88. The van der Waals surface area contributed by atoms with Gasteiger partial charge in [0.2, 0.25) is 0 Å². The summed E-state index contributed by atoms with van der Waals surface area (Å²) in [7, 11) is 1.70. The number of anilines is 1. The fourth-order valence-electron chi connectivity index (χ4n) is 4.27. The molecule has 1 aliphatic heterocycles. The van der Waals surface area contributed by atoms with Crippen LogP contribution in [0.3, 0.4) is 0 Å². The Labute approximate surface area is 228 Å². The first kappa shape index (κ1) is 28.8. The molecule has 204 valence electrons. The molecule has 1 unspecified atom stereocenters. The average molecular weight is 580 g/mol. The maximum absolute atomic E-state index is 12.9. The Bertz CT molecular complexity index is 1100. The second-order valence-electron chi connectivity index (χ2n) is 11.2. The number of carbonyl (C=O) groups excluding carboxylic acids is 2. The van der Waals surface area contributed by atoms with Crippen molar-refractivity contribution in [1.29, 1.82) is 0 Å². The second-order valence-corrected chi connectivity index (χ2v) is 12.0. The molecule has 1 amide bonds. The summed E-state index contributed by atoms with van der Waals surface area (Å²) in [5.41, 5.74) is 1.39. The Hall–Kier alpha value is -2.75. The molecule has 1 aliphatic rings. The first-order valence-corrected chi connectivity index (χ1v) is 13.4. The number of carbonyl (C=O) groups is 2. The van der Waals surface area contributed by atoms with Crippen LogP contribution < -0.4 is 9.64 Å². The molecule has 0 N–H and O–H groups in total. The van der Waals surface area contributed by atoms with Crippen LogP contribution in [-0.4, -0.2) is 64.6 Å². The lowest BCUT2D eigenvalue weighted by Gasteiger charge is -2.47. The van der Waals surface area contributed by atoms with Gasteiger partial charge in [0.1, 0.15) is 23.7 Å². The van der Waals surface area contributed by atoms with E-state index in [1.54, 1.807) is 14.0 Å². The van der Waals surface area contributed by atoms with Gasteiger partial charge in [0.05, 0.1) is 17.1 Å². The SMILES string of the molecule is CCOC(=O)c1c(Br)c(COc2ccc(N3CCN(C(=O)OC(C)(C)C)C(C(C)(C)C)C3)cc2)nn1C. The molecule has 1 atom stereocenters. The van der Waals surface area contributed by atoms with Crippen molar-refractivity contribution >= 4 is 33.7 Å². The van der Waals surface area contributed by atoms with E-state index < -0.39 is 11.6 Å². The first-order chi connectivity index (χ1) is 17.2. The van der Waals surface area contributed by atoms with Crippen LogP contribution in [0.4, 0.5) is 10.5 Å². The number of halogens is 1. The first-order valence-electron chi connectivity index (χ1n) is 12.6. The Balaban J connectivity index is 1.67. The highest BCUT2D eigenvalue weighted by Gasteiger charge is 2.39. The minimum Gasteiger partial charge on any atom is -0.487 e. The van der Waals surface area contributed by atoms with Gasteiger partial charge in [0.15, 0.2) is 5.69 Å². The number of hydrogen-bond donors (Lipinski definition) is 0. The van der Waals surface area contributed by atoms with Crippen molar-refractivity contribution in [3.8, 4) is 5.75 Å². The van der Waals surface area contributed by atoms with Crippen molar-refractivity contribution in [2.45, 2.75) is 66.7 Å². The molecule has 1 saturated heterocycles. The fraction of sp³-hybridized carbons (Fsp3) is 0.593. The smallest absolute Gasteiger partial charge is 0.410 e. The summed E-state index contributed by atoms with van der Waals surface area (Å²) in [6.45, 7) is 16.4. The van der Waals surface area contributed by atoms with E-state index in [1.807, 2.05) is 49.9 Å². The number of esters is 1. The van der Waals surface area contributed by atoms with Crippen molar-refractivity contribution in [2.24, 2.45) is 12.5 Å². The summed E-state index contributed by atoms with van der Waals surface area (Å²) >= 11 is 3.45. The van der Waals surface area contributed by atoms with E-state index in [4.69, 9.17) is 14.2 Å². The van der Waals surface area contributed by atoms with Crippen molar-refractivity contribution < 1.29 is 23.8 Å². The molecule has 10 heteroatoms. The Morgan fingerprint density at radius 1 is 1.08 bits per heavy atom. The predicted molar refractivity (Wildman–Crippen MR) is 146 cm³/mol. The number of aromatic nitrogens is 2. The second kappa shape index (κ2) is 11.3. The number of nitrogens with zero attached hydrogens (tertiary/aromatic N) is 4. The minimum atomic E-state index is -0.530. The van der Waals surface area contributed by atoms with E-state index in [1.165, 1.54) is 4.68 Å². The Morgan fingerprint density at radius 2 is 1.73 bits per heavy atom. The van der Waals surface area contributed by atoms with Gasteiger partial charge in [-0.2, -0.15) is 5.10 Å². The lowest BCUT2D eigenvalue weighted by Crippen LogP contribution is -2.60. The van der Waals surface area contributed by atoms with E-state index in [-0.39, 0.29) is 24.2 Å². The van der Waals surface area contributed by atoms with Gasteiger partial charge in [0.25, 0.3) is 0 Å². The highest BCUT2D eigenvalue weighted by Crippen LogP contribution is 2.32. The maximum Gasteiger partial charge on any atom is 0.410 e. The molecule has 0 radical (unpaired) electrons. The standard InChI is InChI=1S/C27H39BrN4O5/c1-9-35-24(33)23-22(28)20(29-30(23)8)17-36-19-12-10-18(11-13-19)31-14-15-32(21(16-31)26(2,3)4)25(34)37-27(5,6)7/h10-13,21H,9,14-17H2,1-8H3. The predicted octanol–water partition coefficient (Wildman–Crippen LogP) is 5.41. The largest absolute Gasteiger partial charge is 0.487 e. The van der Waals surface area contributed by atoms with Gasteiger partial charge in [-0.25, -0.2) is 9.59 Å². The van der Waals surface area contributed by atoms with E-state index in [9.17, 15) is 9.59 Å². The van der Waals surface area contributed by atoms with Gasteiger partial charge >= 0.3 is 12.1 Å². The summed E-state index contributed by atoms with van der Waals surface area (Å²) in [6, 6.07) is 7.89. The summed E-state index contributed by atoms with van der Waals surface area (Å²) in [5, 5.41) is 4.39. The third-order valence-electron chi connectivity index (χ3n) is 6.11. The number of rotatable bonds is 6. The molecule has 1 aromatic carbocycles. The van der Waals surface area contributed by atoms with E-state index in [0.29, 0.717) is 47.9 Å². The van der Waals surface area contributed by atoms with Gasteiger partial charge in [-0.1, -0.05) is 20.8 Å². The highest BCUT2D eigenvalue weighted by atomic mass is 79.9. The molecule has 1 fully saturated rings. The zero-order valence-electron chi connectivity index (χ0n) is 23.1. The van der Waals surface area contributed by atoms with Crippen LogP contribution in [0.2, 0.25) is 0 Å². The molecule has 0 spiro atoms. The van der Waals surface area contributed by atoms with Crippen LogP contribution in [0, 0.1) is 5.41 Å². The van der Waals surface area contributed by atoms with Crippen LogP contribution in [0.5, 0.6) is 5.75 Å². The van der Waals surface area contributed by atoms with Gasteiger partial charge in [0, 0.05) is 32.4 Å². The van der Waals surface area contributed by atoms with Crippen LogP contribution in [-0.2, 0) is 23.1 Å². The lowest BCUT2D eigenvalue weighted by molar-refractivity contribution is -0.000645. The Morgan fingerprint density at radius 3 is 2.30 bits per heavy atom. The Kier molecular flexibility index (Phi) is 8.82. The van der Waals surface area contributed by atoms with E-state index in [2.05, 4.69) is 46.7 Å². The van der Waals surface area contributed by atoms with E-state index in [0.717, 1.165) is 5.69 Å². The third kappa shape index (κ3) is 7.18. The average Bonchev–Trinajstić information content (AvgIpc) is 3.09. The van der Waals surface area contributed by atoms with Crippen molar-refractivity contribution in [1.82, 2.24) is 14.7 Å². The number of ether oxygens (including phenoxy) is 3. The highest BCUT2D eigenvalue weighted by molar-refractivity contribution is 9.10. The number of aryl methyl sites for hydroxylation is 1. The van der Waals surface area contributed by atoms with Crippen molar-refractivity contribution in [3.63, 3.8) is 0 Å². The molecule has 2 aromatic rings.